The minimum absolute atomic E-state index is 0. The summed E-state index contributed by atoms with van der Waals surface area (Å²) in [5.41, 5.74) is 0. The van der Waals surface area contributed by atoms with Crippen LogP contribution in [-0.4, -0.2) is 8.16 Å². The van der Waals surface area contributed by atoms with E-state index in [0.717, 1.165) is 0 Å². The van der Waals surface area contributed by atoms with Gasteiger partial charge in [-0.2, -0.15) is 0 Å². The van der Waals surface area contributed by atoms with Crippen LogP contribution in [0.25, 0.3) is 0 Å². The van der Waals surface area contributed by atoms with Gasteiger partial charge in [-0.3, -0.25) is 0 Å². The number of rotatable bonds is 0. The van der Waals surface area contributed by atoms with Gasteiger partial charge >= 0.3 is 67.1 Å². The molecule has 1 aliphatic rings. The largest absolute Gasteiger partial charge is 0.147 e. The molecule has 0 aliphatic carbocycles. The van der Waals surface area contributed by atoms with Crippen molar-refractivity contribution in [2.45, 2.75) is 16.7 Å². The topological polar surface area (TPSA) is 0 Å². The Morgan fingerprint density at radius 3 is 2.10 bits per heavy atom. The van der Waals surface area contributed by atoms with Crippen molar-refractivity contribution in [2.24, 2.45) is 0 Å². The van der Waals surface area contributed by atoms with Gasteiger partial charge in [-0.1, -0.05) is 0 Å². The van der Waals surface area contributed by atoms with Gasteiger partial charge in [-0.05, 0) is 0 Å². The Morgan fingerprint density at radius 1 is 1.50 bits per heavy atom. The van der Waals surface area contributed by atoms with Gasteiger partial charge in [-0.15, -0.1) is 24.8 Å². The van der Waals surface area contributed by atoms with Crippen LogP contribution in [0, 0.1) is 0 Å². The minimum Gasteiger partial charge on any atom is -0.147 e. The molecule has 0 radical (unpaired) electrons. The van der Waals surface area contributed by atoms with Gasteiger partial charge in [0.1, 0.15) is 0 Å². The summed E-state index contributed by atoms with van der Waals surface area (Å²) in [5, 5.41) is 1.50. The molecule has 1 heterocycles. The molecular weight excluding hydrogens is 265 g/mol. The minimum atomic E-state index is 0. The van der Waals surface area contributed by atoms with Gasteiger partial charge in [0.05, 0.1) is 0 Å². The van der Waals surface area contributed by atoms with Crippen molar-refractivity contribution in [1.29, 1.82) is 0 Å². The Hall–Kier alpha value is 1.37. The molecule has 0 nitrogen and oxygen atoms in total. The standard InChI is InChI=1S/C6H8P.2ClH.Zr/c1-5-3-4-6(2)7-5;;;/h3-4H,1-2H3;2*1H;. The molecule has 0 fully saturated rings. The van der Waals surface area contributed by atoms with Crippen LogP contribution in [0.15, 0.2) is 12.2 Å². The van der Waals surface area contributed by atoms with E-state index in [1.54, 1.807) is 24.7 Å². The SMILES string of the molecule is CC1=P[C](C)([Zr])C=C1.Cl.Cl. The number of allylic oxidation sites excluding steroid dienone is 2. The molecule has 0 aromatic heterocycles. The second-order valence-corrected chi connectivity index (χ2v) is 7.68. The maximum atomic E-state index is 2.31. The number of hydrogen-bond acceptors (Lipinski definition) is 0. The third-order valence-electron chi connectivity index (χ3n) is 1.06. The van der Waals surface area contributed by atoms with Gasteiger partial charge < -0.3 is 0 Å². The molecule has 0 aromatic carbocycles. The zero-order valence-electron chi connectivity index (χ0n) is 5.92. The normalized spacial score (nSPS) is 29.9. The maximum Gasteiger partial charge on any atom is -0.147 e. The summed E-state index contributed by atoms with van der Waals surface area (Å²) in [7, 11) is 1.51. The first-order valence-electron chi connectivity index (χ1n) is 2.61. The van der Waals surface area contributed by atoms with Crippen LogP contribution >= 0.6 is 33.0 Å². The van der Waals surface area contributed by atoms with Gasteiger partial charge in [0.25, 0.3) is 0 Å². The average molecular weight is 275 g/mol. The summed E-state index contributed by atoms with van der Waals surface area (Å²) in [6, 6.07) is 0. The molecule has 1 rings (SSSR count). The van der Waals surface area contributed by atoms with Crippen molar-refractivity contribution in [3.8, 4) is 0 Å². The van der Waals surface area contributed by atoms with Crippen LogP contribution in [0.5, 0.6) is 0 Å². The van der Waals surface area contributed by atoms with E-state index < -0.39 is 0 Å². The van der Waals surface area contributed by atoms with E-state index in [1.165, 1.54) is 13.5 Å². The van der Waals surface area contributed by atoms with E-state index in [2.05, 4.69) is 26.0 Å². The van der Waals surface area contributed by atoms with Gasteiger partial charge in [0.15, 0.2) is 0 Å². The Morgan fingerprint density at radius 2 is 2.00 bits per heavy atom. The maximum absolute atomic E-state index is 2.31. The van der Waals surface area contributed by atoms with Crippen molar-refractivity contribution < 1.29 is 24.7 Å². The van der Waals surface area contributed by atoms with E-state index in [9.17, 15) is 0 Å². The summed E-state index contributed by atoms with van der Waals surface area (Å²) >= 11 is 1.62. The number of hydrogen-bond donors (Lipinski definition) is 0. The number of halogens is 2. The molecule has 57 valence electrons. The molecule has 1 atom stereocenters. The van der Waals surface area contributed by atoms with Crippen molar-refractivity contribution in [3.05, 3.63) is 12.2 Å². The third-order valence-corrected chi connectivity index (χ3v) is 3.41. The summed E-state index contributed by atoms with van der Waals surface area (Å²) in [6.07, 6.45) is 4.54. The van der Waals surface area contributed by atoms with E-state index >= 15 is 0 Å². The predicted octanol–water partition coefficient (Wildman–Crippen LogP) is 2.80. The smallest absolute Gasteiger partial charge is 0.147 e. The third kappa shape index (κ3) is 4.29. The molecule has 0 N–H and O–H groups in total. The zero-order valence-corrected chi connectivity index (χ0v) is 10.9. The molecule has 1 unspecified atom stereocenters. The zero-order chi connectivity index (χ0) is 6.20. The first-order valence-corrected chi connectivity index (χ1v) is 4.73. The monoisotopic (exact) mass is 273 g/mol. The molecule has 0 aromatic rings. The van der Waals surface area contributed by atoms with E-state index in [-0.39, 0.29) is 24.8 Å². The van der Waals surface area contributed by atoms with E-state index in [0.29, 0.717) is 2.86 Å². The summed E-state index contributed by atoms with van der Waals surface area (Å²) < 4.78 is 0.511. The second-order valence-electron chi connectivity index (χ2n) is 2.23. The van der Waals surface area contributed by atoms with Crippen LogP contribution in [0.4, 0.5) is 0 Å². The van der Waals surface area contributed by atoms with Crippen molar-refractivity contribution in [3.63, 3.8) is 0 Å². The fraction of sp³-hybridized carbons (Fsp3) is 0.500. The Bertz CT molecular complexity index is 163. The van der Waals surface area contributed by atoms with Crippen molar-refractivity contribution in [2.75, 3.05) is 0 Å². The van der Waals surface area contributed by atoms with E-state index in [1.807, 2.05) is 0 Å². The molecule has 0 saturated carbocycles. The first-order chi connectivity index (χ1) is 3.60. The first kappa shape index (κ1) is 13.9. The van der Waals surface area contributed by atoms with Crippen molar-refractivity contribution in [1.82, 2.24) is 0 Å². The molecule has 0 saturated heterocycles. The molecular formula is C6H10Cl2PZr. The summed E-state index contributed by atoms with van der Waals surface area (Å²) in [4.78, 5) is 0. The molecule has 10 heavy (non-hydrogen) atoms. The van der Waals surface area contributed by atoms with Gasteiger partial charge in [0.2, 0.25) is 0 Å². The fourth-order valence-corrected chi connectivity index (χ4v) is 3.26. The van der Waals surface area contributed by atoms with Crippen LogP contribution in [0.2, 0.25) is 0 Å². The van der Waals surface area contributed by atoms with E-state index in [4.69, 9.17) is 0 Å². The second kappa shape index (κ2) is 5.10. The molecule has 4 heteroatoms. The predicted molar refractivity (Wildman–Crippen MR) is 49.6 cm³/mol. The van der Waals surface area contributed by atoms with Gasteiger partial charge in [0, 0.05) is 0 Å². The molecule has 0 spiro atoms. The van der Waals surface area contributed by atoms with Crippen LogP contribution < -0.4 is 0 Å². The quantitative estimate of drug-likeness (QED) is 0.596. The summed E-state index contributed by atoms with van der Waals surface area (Å²) in [5.74, 6) is 0. The van der Waals surface area contributed by atoms with Crippen LogP contribution in [-0.2, 0) is 24.7 Å². The summed E-state index contributed by atoms with van der Waals surface area (Å²) in [6.45, 7) is 4.48. The molecule has 0 amide bonds. The Labute approximate surface area is 91.3 Å². The van der Waals surface area contributed by atoms with Gasteiger partial charge in [-0.25, -0.2) is 0 Å². The Kier molecular flexibility index (Phi) is 7.10. The van der Waals surface area contributed by atoms with Crippen molar-refractivity contribution >= 4 is 38.3 Å². The molecule has 1 aliphatic heterocycles. The van der Waals surface area contributed by atoms with Crippen LogP contribution in [0.3, 0.4) is 0 Å². The molecule has 0 bridgehead atoms. The average Bonchev–Trinajstić information content (AvgIpc) is 1.82. The fourth-order valence-electron chi connectivity index (χ4n) is 0.724. The Balaban J connectivity index is 0. The van der Waals surface area contributed by atoms with Crippen LogP contribution in [0.1, 0.15) is 13.8 Å².